The first-order valence-electron chi connectivity index (χ1n) is 20.6. The number of para-hydroxylation sites is 4. The van der Waals surface area contributed by atoms with Gasteiger partial charge in [-0.3, -0.25) is 9.55 Å². The van der Waals surface area contributed by atoms with Gasteiger partial charge < -0.3 is 4.57 Å². The minimum atomic E-state index is -0.699. The Morgan fingerprint density at radius 1 is 0.545 bits per heavy atom. The summed E-state index contributed by atoms with van der Waals surface area (Å²) in [5.41, 5.74) is 0.817. The van der Waals surface area contributed by atoms with E-state index in [0.29, 0.717) is 16.8 Å². The van der Waals surface area contributed by atoms with Gasteiger partial charge in [0.25, 0.3) is 0 Å². The van der Waals surface area contributed by atoms with Gasteiger partial charge in [-0.2, -0.15) is 0 Å². The fraction of sp³-hybridized carbons (Fsp3) is 0. The molecule has 9 aromatic rings. The molecule has 0 fully saturated rings. The Morgan fingerprint density at radius 2 is 1.23 bits per heavy atom. The zero-order valence-corrected chi connectivity index (χ0v) is 22.6. The number of benzene rings is 5. The van der Waals surface area contributed by atoms with Crippen LogP contribution < -0.4 is 0 Å². The molecule has 0 bridgehead atoms. The fourth-order valence-electron chi connectivity index (χ4n) is 5.67. The molecule has 5 aromatic carbocycles. The van der Waals surface area contributed by atoms with E-state index in [2.05, 4.69) is 4.98 Å². The second-order valence-electron chi connectivity index (χ2n) is 9.89. The molecule has 0 aliphatic heterocycles. The van der Waals surface area contributed by atoms with Gasteiger partial charge in [0.15, 0.2) is 5.82 Å². The van der Waals surface area contributed by atoms with Gasteiger partial charge in [0.05, 0.1) is 58.8 Å². The minimum absolute atomic E-state index is 0.144. The van der Waals surface area contributed by atoms with Crippen LogP contribution in [-0.2, 0) is 0 Å². The van der Waals surface area contributed by atoms with Gasteiger partial charge in [0, 0.05) is 44.9 Å². The molecular weight excluding hydrogens is 538 g/mol. The summed E-state index contributed by atoms with van der Waals surface area (Å²) in [4.78, 5) is 14.0. The highest BCUT2D eigenvalue weighted by molar-refractivity contribution is 6.10. The lowest BCUT2D eigenvalue weighted by molar-refractivity contribution is 1.04. The van der Waals surface area contributed by atoms with Gasteiger partial charge in [-0.1, -0.05) is 96.8 Å². The van der Waals surface area contributed by atoms with Crippen LogP contribution in [0, 0.1) is 0 Å². The summed E-state index contributed by atoms with van der Waals surface area (Å²) in [7, 11) is 0. The number of rotatable bonds is 4. The third kappa shape index (κ3) is 3.69. The summed E-state index contributed by atoms with van der Waals surface area (Å²) in [6.45, 7) is 0. The van der Waals surface area contributed by atoms with Crippen LogP contribution >= 0.6 is 0 Å². The topological polar surface area (TPSA) is 48.5 Å². The van der Waals surface area contributed by atoms with Crippen molar-refractivity contribution in [3.63, 3.8) is 0 Å². The first-order valence-corrected chi connectivity index (χ1v) is 13.6. The number of fused-ring (bicyclic) bond motifs is 6. The lowest BCUT2D eigenvalue weighted by Crippen LogP contribution is -2.04. The van der Waals surface area contributed by atoms with Crippen LogP contribution in [0.5, 0.6) is 0 Å². The Hall–Kier alpha value is -6.07. The molecule has 0 aliphatic carbocycles. The molecule has 206 valence electrons. The van der Waals surface area contributed by atoms with Crippen molar-refractivity contribution in [1.29, 1.82) is 0 Å². The molecule has 0 spiro atoms. The van der Waals surface area contributed by atoms with E-state index < -0.39 is 102 Å². The molecule has 0 saturated carbocycles. The standard InChI is InChI=1S/C39H25N5/c1-2-12-26(13-3-1)32-24-38(44-34-19-9-5-14-27(34)28-15-6-10-20-35(28)44)42-39(41-32)31-17-7-11-21-36(31)43-33-18-8-4-16-29(33)30-22-23-40-25-37(30)43/h1-25H/i1D,2D,3D,5D,6D,9D,10D,12D,13D,14D,15D,19D,20D,24D. The van der Waals surface area contributed by atoms with Crippen molar-refractivity contribution >= 4 is 43.6 Å². The molecular formula is C39H25N5. The highest BCUT2D eigenvalue weighted by atomic mass is 15.1. The maximum absolute atomic E-state index is 9.63. The summed E-state index contributed by atoms with van der Waals surface area (Å²) < 4.78 is 126. The smallest absolute Gasteiger partial charge is 0.164 e. The molecule has 9 rings (SSSR count). The summed E-state index contributed by atoms with van der Waals surface area (Å²) in [6, 6.07) is 7.27. The largest absolute Gasteiger partial charge is 0.307 e. The van der Waals surface area contributed by atoms with E-state index >= 15 is 0 Å². The molecule has 5 nitrogen and oxygen atoms in total. The predicted molar refractivity (Wildman–Crippen MR) is 179 cm³/mol. The fourth-order valence-corrected chi connectivity index (χ4v) is 5.67. The summed E-state index contributed by atoms with van der Waals surface area (Å²) in [6.07, 6.45) is 3.37. The minimum Gasteiger partial charge on any atom is -0.307 e. The normalized spacial score (nSPS) is 16.1. The number of pyridine rings is 1. The van der Waals surface area contributed by atoms with Crippen LogP contribution in [-0.4, -0.2) is 24.1 Å². The molecule has 0 atom stereocenters. The molecule has 0 N–H and O–H groups in total. The number of nitrogens with zero attached hydrogens (tertiary/aromatic N) is 5. The van der Waals surface area contributed by atoms with E-state index in [4.69, 9.17) is 27.8 Å². The van der Waals surface area contributed by atoms with Crippen molar-refractivity contribution in [2.75, 3.05) is 0 Å². The van der Waals surface area contributed by atoms with E-state index in [1.54, 1.807) is 36.7 Å². The SMILES string of the molecule is [2H]c1c(-c2c([2H])c([2H])c([2H])c([2H])c2[2H])nc(-c2ccccc2-n2c3ccccc3c3ccncc32)nc1-n1c2c([2H])c([2H])c([2H])c([2H])c2c2c([2H])c([2H])c([2H])c([2H])c21. The van der Waals surface area contributed by atoms with Crippen LogP contribution in [0.4, 0.5) is 0 Å². The van der Waals surface area contributed by atoms with Crippen LogP contribution in [0.25, 0.3) is 77.8 Å². The molecule has 0 saturated heterocycles. The van der Waals surface area contributed by atoms with Gasteiger partial charge in [-0.15, -0.1) is 0 Å². The van der Waals surface area contributed by atoms with Crippen LogP contribution in [0.15, 0.2) is 152 Å². The second-order valence-corrected chi connectivity index (χ2v) is 9.89. The molecule has 0 unspecified atom stereocenters. The average molecular weight is 578 g/mol. The van der Waals surface area contributed by atoms with Crippen LogP contribution in [0.3, 0.4) is 0 Å². The van der Waals surface area contributed by atoms with Crippen molar-refractivity contribution in [2.45, 2.75) is 0 Å². The van der Waals surface area contributed by atoms with Gasteiger partial charge in [0.1, 0.15) is 5.82 Å². The molecule has 0 radical (unpaired) electrons. The molecule has 0 aliphatic rings. The zero-order chi connectivity index (χ0) is 41.2. The molecule has 0 amide bonds. The zero-order valence-electron chi connectivity index (χ0n) is 36.6. The van der Waals surface area contributed by atoms with Gasteiger partial charge in [-0.05, 0) is 36.4 Å². The highest BCUT2D eigenvalue weighted by Crippen LogP contribution is 2.37. The third-order valence-electron chi connectivity index (χ3n) is 7.50. The summed E-state index contributed by atoms with van der Waals surface area (Å²) in [5, 5.41) is 1.29. The first-order chi connectivity index (χ1) is 27.7. The van der Waals surface area contributed by atoms with Gasteiger partial charge in [0.2, 0.25) is 0 Å². The van der Waals surface area contributed by atoms with Gasteiger partial charge >= 0.3 is 0 Å². The van der Waals surface area contributed by atoms with Crippen molar-refractivity contribution in [3.8, 4) is 34.2 Å². The maximum atomic E-state index is 9.63. The summed E-state index contributed by atoms with van der Waals surface area (Å²) >= 11 is 0. The van der Waals surface area contributed by atoms with Crippen LogP contribution in [0.1, 0.15) is 19.2 Å². The monoisotopic (exact) mass is 577 g/mol. The number of aromatic nitrogens is 5. The van der Waals surface area contributed by atoms with E-state index in [1.807, 2.05) is 34.9 Å². The Balaban J connectivity index is 1.50. The quantitative estimate of drug-likeness (QED) is 0.209. The lowest BCUT2D eigenvalue weighted by atomic mass is 10.1. The predicted octanol–water partition coefficient (Wildman–Crippen LogP) is 9.40. The number of hydrogen-bond donors (Lipinski definition) is 0. The van der Waals surface area contributed by atoms with Crippen molar-refractivity contribution < 1.29 is 19.2 Å². The van der Waals surface area contributed by atoms with Crippen molar-refractivity contribution in [3.05, 3.63) is 152 Å². The molecule has 4 aromatic heterocycles. The van der Waals surface area contributed by atoms with E-state index in [-0.39, 0.29) is 27.6 Å². The van der Waals surface area contributed by atoms with E-state index in [0.717, 1.165) is 20.9 Å². The summed E-state index contributed by atoms with van der Waals surface area (Å²) in [5.74, 6) is -0.588. The molecule has 4 heterocycles. The van der Waals surface area contributed by atoms with E-state index in [9.17, 15) is 1.37 Å². The maximum Gasteiger partial charge on any atom is 0.164 e. The molecule has 5 heteroatoms. The second kappa shape index (κ2) is 9.75. The van der Waals surface area contributed by atoms with Crippen molar-refractivity contribution in [1.82, 2.24) is 24.1 Å². The Labute approximate surface area is 273 Å². The molecule has 44 heavy (non-hydrogen) atoms. The van der Waals surface area contributed by atoms with Crippen LogP contribution in [0.2, 0.25) is 0 Å². The lowest BCUT2D eigenvalue weighted by Gasteiger charge is -2.15. The first kappa shape index (κ1) is 14.4. The van der Waals surface area contributed by atoms with E-state index in [1.165, 1.54) is 0 Å². The Bertz CT molecular complexity index is 3140. The average Bonchev–Trinajstić information content (AvgIpc) is 3.77. The van der Waals surface area contributed by atoms with Crippen molar-refractivity contribution in [2.24, 2.45) is 0 Å². The Kier molecular flexibility index (Phi) is 3.19. The number of hydrogen-bond acceptors (Lipinski definition) is 3. The third-order valence-corrected chi connectivity index (χ3v) is 7.50. The van der Waals surface area contributed by atoms with Gasteiger partial charge in [-0.25, -0.2) is 9.97 Å². The Morgan fingerprint density at radius 3 is 2.05 bits per heavy atom. The highest BCUT2D eigenvalue weighted by Gasteiger charge is 2.20.